The lowest BCUT2D eigenvalue weighted by Crippen LogP contribution is -2.46. The molecule has 4 rings (SSSR count). The Kier molecular flexibility index (Phi) is 5.15. The van der Waals surface area contributed by atoms with Gasteiger partial charge in [0.1, 0.15) is 0 Å². The molecule has 4 nitrogen and oxygen atoms in total. The second-order valence-corrected chi connectivity index (χ2v) is 10.4. The highest BCUT2D eigenvalue weighted by Crippen LogP contribution is 2.55. The van der Waals surface area contributed by atoms with Crippen molar-refractivity contribution in [2.75, 3.05) is 12.9 Å². The molecule has 0 spiro atoms. The van der Waals surface area contributed by atoms with Gasteiger partial charge in [-0.15, -0.1) is 0 Å². The van der Waals surface area contributed by atoms with Crippen LogP contribution in [0.25, 0.3) is 0 Å². The van der Waals surface area contributed by atoms with Gasteiger partial charge in [-0.2, -0.15) is 0 Å². The molecule has 144 valence electrons. The van der Waals surface area contributed by atoms with E-state index in [1.54, 1.807) is 19.2 Å². The Hall–Kier alpha value is -0.910. The Bertz CT molecular complexity index is 717. The van der Waals surface area contributed by atoms with Crippen molar-refractivity contribution in [3.63, 3.8) is 0 Å². The van der Waals surface area contributed by atoms with Gasteiger partial charge in [0, 0.05) is 13.0 Å². The summed E-state index contributed by atoms with van der Waals surface area (Å²) in [6.45, 7) is 2.10. The Balaban J connectivity index is 1.66. The second kappa shape index (κ2) is 7.25. The molecule has 1 heterocycles. The van der Waals surface area contributed by atoms with Crippen LogP contribution in [0.1, 0.15) is 39.0 Å². The zero-order valence-electron chi connectivity index (χ0n) is 15.7. The fourth-order valence-electron chi connectivity index (χ4n) is 6.04. The third kappa shape index (κ3) is 3.23. The number of methoxy groups -OCH3 is 1. The van der Waals surface area contributed by atoms with E-state index in [4.69, 9.17) is 9.47 Å². The molecule has 0 N–H and O–H groups in total. The fraction of sp³-hybridized carbons (Fsp3) is 0.714. The van der Waals surface area contributed by atoms with Crippen molar-refractivity contribution >= 4 is 9.84 Å². The number of sulfone groups is 1. The van der Waals surface area contributed by atoms with Gasteiger partial charge in [0.05, 0.1) is 16.8 Å². The Morgan fingerprint density at radius 3 is 2.58 bits per heavy atom. The molecule has 1 aliphatic heterocycles. The summed E-state index contributed by atoms with van der Waals surface area (Å²) in [7, 11) is -1.58. The van der Waals surface area contributed by atoms with Gasteiger partial charge >= 0.3 is 0 Å². The molecule has 0 radical (unpaired) electrons. The Morgan fingerprint density at radius 2 is 1.85 bits per heavy atom. The highest BCUT2D eigenvalue weighted by atomic mass is 32.2. The SMILES string of the molecule is COC1OC(C)C2C1CC1CCCCC1[C@H]2CS(=O)(=O)c1ccccc1. The molecule has 0 bridgehead atoms. The number of ether oxygens (including phenoxy) is 2. The summed E-state index contributed by atoms with van der Waals surface area (Å²) in [6.07, 6.45) is 5.88. The summed E-state index contributed by atoms with van der Waals surface area (Å²) in [5.74, 6) is 2.13. The summed E-state index contributed by atoms with van der Waals surface area (Å²) in [6, 6.07) is 8.93. The minimum Gasteiger partial charge on any atom is -0.356 e. The first-order valence-electron chi connectivity index (χ1n) is 9.97. The molecule has 6 unspecified atom stereocenters. The normalized spacial score (nSPS) is 40.0. The van der Waals surface area contributed by atoms with E-state index in [2.05, 4.69) is 6.92 Å². The molecular formula is C21H30O4S. The summed E-state index contributed by atoms with van der Waals surface area (Å²) in [5, 5.41) is 0. The first-order valence-corrected chi connectivity index (χ1v) is 11.6. The molecule has 0 amide bonds. The molecule has 3 fully saturated rings. The zero-order valence-corrected chi connectivity index (χ0v) is 16.5. The minimum atomic E-state index is -3.29. The predicted octanol–water partition coefficient (Wildman–Crippen LogP) is 3.91. The van der Waals surface area contributed by atoms with Crippen LogP contribution in [0.15, 0.2) is 35.2 Å². The molecule has 1 aromatic rings. The van der Waals surface area contributed by atoms with Gasteiger partial charge in [-0.3, -0.25) is 0 Å². The van der Waals surface area contributed by atoms with Crippen LogP contribution in [-0.4, -0.2) is 33.7 Å². The summed E-state index contributed by atoms with van der Waals surface area (Å²) < 4.78 is 38.0. The maximum Gasteiger partial charge on any atom is 0.178 e. The smallest absolute Gasteiger partial charge is 0.178 e. The molecule has 7 atom stereocenters. The van der Waals surface area contributed by atoms with Gasteiger partial charge in [0.2, 0.25) is 0 Å². The van der Waals surface area contributed by atoms with Crippen LogP contribution < -0.4 is 0 Å². The van der Waals surface area contributed by atoms with Crippen molar-refractivity contribution in [3.05, 3.63) is 30.3 Å². The molecule has 26 heavy (non-hydrogen) atoms. The number of benzene rings is 1. The van der Waals surface area contributed by atoms with E-state index in [0.717, 1.165) is 12.8 Å². The van der Waals surface area contributed by atoms with Crippen LogP contribution in [0.4, 0.5) is 0 Å². The lowest BCUT2D eigenvalue weighted by molar-refractivity contribution is -0.132. The summed E-state index contributed by atoms with van der Waals surface area (Å²) in [5.41, 5.74) is 0. The van der Waals surface area contributed by atoms with E-state index < -0.39 is 9.84 Å². The molecule has 0 aromatic heterocycles. The average Bonchev–Trinajstić information content (AvgIpc) is 2.98. The number of rotatable bonds is 4. The number of fused-ring (bicyclic) bond motifs is 2. The van der Waals surface area contributed by atoms with Crippen molar-refractivity contribution in [1.29, 1.82) is 0 Å². The standard InChI is InChI=1S/C21H30O4S/c1-14-20-18(21(24-2)25-14)12-15-8-6-7-11-17(15)19(20)13-26(22,23)16-9-4-3-5-10-16/h3-5,9-10,14-15,17-21H,6-8,11-13H2,1-2H3/t14?,15?,17?,18?,19-,20?,21?/m1/s1. The Labute approximate surface area is 157 Å². The fourth-order valence-corrected chi connectivity index (χ4v) is 7.78. The highest BCUT2D eigenvalue weighted by molar-refractivity contribution is 7.91. The quantitative estimate of drug-likeness (QED) is 0.797. The molecule has 1 aromatic carbocycles. The van der Waals surface area contributed by atoms with Crippen LogP contribution in [-0.2, 0) is 19.3 Å². The first-order chi connectivity index (χ1) is 12.5. The summed E-state index contributed by atoms with van der Waals surface area (Å²) >= 11 is 0. The van der Waals surface area contributed by atoms with Gasteiger partial charge in [-0.25, -0.2) is 8.42 Å². The molecular weight excluding hydrogens is 348 g/mol. The van der Waals surface area contributed by atoms with E-state index in [-0.39, 0.29) is 30.0 Å². The van der Waals surface area contributed by atoms with E-state index in [1.165, 1.54) is 19.3 Å². The van der Waals surface area contributed by atoms with Crippen LogP contribution in [0.5, 0.6) is 0 Å². The average molecular weight is 379 g/mol. The molecule has 1 saturated heterocycles. The van der Waals surface area contributed by atoms with Crippen molar-refractivity contribution in [2.24, 2.45) is 29.6 Å². The van der Waals surface area contributed by atoms with E-state index >= 15 is 0 Å². The molecule has 3 aliphatic rings. The van der Waals surface area contributed by atoms with Crippen molar-refractivity contribution in [1.82, 2.24) is 0 Å². The van der Waals surface area contributed by atoms with Crippen molar-refractivity contribution < 1.29 is 17.9 Å². The molecule has 5 heteroatoms. The lowest BCUT2D eigenvalue weighted by Gasteiger charge is -2.48. The third-order valence-electron chi connectivity index (χ3n) is 7.07. The van der Waals surface area contributed by atoms with Crippen LogP contribution in [0.2, 0.25) is 0 Å². The summed E-state index contributed by atoms with van der Waals surface area (Å²) in [4.78, 5) is 0.448. The minimum absolute atomic E-state index is 0.0591. The third-order valence-corrected chi connectivity index (χ3v) is 8.88. The number of hydrogen-bond acceptors (Lipinski definition) is 4. The van der Waals surface area contributed by atoms with Gasteiger partial charge < -0.3 is 9.47 Å². The highest BCUT2D eigenvalue weighted by Gasteiger charge is 2.55. The van der Waals surface area contributed by atoms with Gasteiger partial charge in [-0.1, -0.05) is 37.5 Å². The zero-order chi connectivity index (χ0) is 18.3. The Morgan fingerprint density at radius 1 is 1.12 bits per heavy atom. The molecule has 2 aliphatic carbocycles. The maximum atomic E-state index is 13.1. The van der Waals surface area contributed by atoms with Crippen LogP contribution in [0.3, 0.4) is 0 Å². The predicted molar refractivity (Wildman–Crippen MR) is 100 cm³/mol. The largest absolute Gasteiger partial charge is 0.356 e. The van der Waals surface area contributed by atoms with Gasteiger partial charge in [0.25, 0.3) is 0 Å². The first kappa shape index (κ1) is 18.5. The van der Waals surface area contributed by atoms with Gasteiger partial charge in [0.15, 0.2) is 16.1 Å². The second-order valence-electron chi connectivity index (χ2n) is 8.39. The molecule has 2 saturated carbocycles. The van der Waals surface area contributed by atoms with E-state index in [0.29, 0.717) is 22.6 Å². The topological polar surface area (TPSA) is 52.6 Å². The van der Waals surface area contributed by atoms with Crippen molar-refractivity contribution in [3.8, 4) is 0 Å². The van der Waals surface area contributed by atoms with E-state index in [9.17, 15) is 8.42 Å². The number of hydrogen-bond donors (Lipinski definition) is 0. The van der Waals surface area contributed by atoms with Gasteiger partial charge in [-0.05, 0) is 55.6 Å². The van der Waals surface area contributed by atoms with Crippen molar-refractivity contribution in [2.45, 2.75) is 56.3 Å². The monoisotopic (exact) mass is 378 g/mol. The van der Waals surface area contributed by atoms with E-state index in [1.807, 2.05) is 18.2 Å². The van der Waals surface area contributed by atoms with Crippen LogP contribution in [0, 0.1) is 29.6 Å². The van der Waals surface area contributed by atoms with Crippen LogP contribution >= 0.6 is 0 Å². The lowest BCUT2D eigenvalue weighted by atomic mass is 9.58. The maximum absolute atomic E-state index is 13.1.